The standard InChI is InChI=1S/C7H17O3PS3/c1-5-14(8)6-7(2)13-11(12,9-3)10-4/h7H,5-6H2,1-4H3/t7-,14?/m0/s1. The molecule has 0 rings (SSSR count). The Bertz CT molecular complexity index is 195. The van der Waals surface area contributed by atoms with Crippen LogP contribution in [0.5, 0.6) is 0 Å². The third-order valence-electron chi connectivity index (χ3n) is 1.50. The highest BCUT2D eigenvalue weighted by Gasteiger charge is 2.23. The van der Waals surface area contributed by atoms with E-state index in [1.54, 1.807) is 14.2 Å². The quantitative estimate of drug-likeness (QED) is 0.527. The van der Waals surface area contributed by atoms with Gasteiger partial charge in [0.25, 0.3) is 0 Å². The molecule has 0 aliphatic rings. The summed E-state index contributed by atoms with van der Waals surface area (Å²) >= 11 is 5.92. The van der Waals surface area contributed by atoms with E-state index in [9.17, 15) is 4.55 Å². The van der Waals surface area contributed by atoms with Crippen LogP contribution in [-0.4, -0.2) is 35.5 Å². The molecule has 0 aliphatic carbocycles. The summed E-state index contributed by atoms with van der Waals surface area (Å²) in [5, 5.41) is 0.210. The van der Waals surface area contributed by atoms with E-state index in [1.165, 1.54) is 11.4 Å². The fourth-order valence-corrected chi connectivity index (χ4v) is 6.72. The molecule has 2 atom stereocenters. The number of hydrogen-bond acceptors (Lipinski definition) is 5. The maximum Gasteiger partial charge on any atom is 0.247 e. The van der Waals surface area contributed by atoms with Crippen LogP contribution in [0, 0.1) is 0 Å². The molecule has 0 aliphatic heterocycles. The molecule has 0 aromatic rings. The van der Waals surface area contributed by atoms with Crippen molar-refractivity contribution in [1.82, 2.24) is 0 Å². The summed E-state index contributed by atoms with van der Waals surface area (Å²) in [6.45, 7) is 3.91. The van der Waals surface area contributed by atoms with Crippen molar-refractivity contribution in [2.45, 2.75) is 19.1 Å². The van der Waals surface area contributed by atoms with Gasteiger partial charge in [-0.1, -0.05) is 22.6 Å². The highest BCUT2D eigenvalue weighted by molar-refractivity contribution is 8.68. The predicted molar refractivity (Wildman–Crippen MR) is 68.9 cm³/mol. The number of rotatable bonds is 7. The second kappa shape index (κ2) is 7.49. The molecular formula is C7H17O3PS3. The molecule has 7 heteroatoms. The Balaban J connectivity index is 4.03. The summed E-state index contributed by atoms with van der Waals surface area (Å²) in [4.78, 5) is 0. The van der Waals surface area contributed by atoms with Crippen molar-refractivity contribution in [3.05, 3.63) is 0 Å². The lowest BCUT2D eigenvalue weighted by Gasteiger charge is -2.21. The lowest BCUT2D eigenvalue weighted by atomic mass is 10.6. The van der Waals surface area contributed by atoms with E-state index in [1.807, 2.05) is 13.8 Å². The predicted octanol–water partition coefficient (Wildman–Crippen LogP) is 2.39. The normalized spacial score (nSPS) is 16.6. The van der Waals surface area contributed by atoms with Crippen LogP contribution < -0.4 is 0 Å². The average Bonchev–Trinajstić information content (AvgIpc) is 2.17. The van der Waals surface area contributed by atoms with Gasteiger partial charge < -0.3 is 13.6 Å². The molecule has 0 fully saturated rings. The molecule has 0 N–H and O–H groups in total. The zero-order valence-corrected chi connectivity index (χ0v) is 12.2. The molecule has 0 aromatic heterocycles. The zero-order chi connectivity index (χ0) is 11.2. The molecule has 0 spiro atoms. The lowest BCUT2D eigenvalue weighted by molar-refractivity contribution is 0.354. The van der Waals surface area contributed by atoms with E-state index in [0.29, 0.717) is 11.5 Å². The summed E-state index contributed by atoms with van der Waals surface area (Å²) in [5.74, 6) is 1.33. The fraction of sp³-hybridized carbons (Fsp3) is 1.00. The Kier molecular flexibility index (Phi) is 8.15. The van der Waals surface area contributed by atoms with E-state index < -0.39 is 16.9 Å². The van der Waals surface area contributed by atoms with Crippen LogP contribution in [-0.2, 0) is 32.0 Å². The summed E-state index contributed by atoms with van der Waals surface area (Å²) < 4.78 is 21.6. The van der Waals surface area contributed by atoms with Crippen LogP contribution in [0.3, 0.4) is 0 Å². The van der Waals surface area contributed by atoms with Gasteiger partial charge in [0, 0.05) is 14.2 Å². The van der Waals surface area contributed by atoms with E-state index in [2.05, 4.69) is 0 Å². The third-order valence-corrected chi connectivity index (χ3v) is 9.32. The summed E-state index contributed by atoms with van der Waals surface area (Å²) in [6, 6.07) is 0. The molecular weight excluding hydrogens is 259 g/mol. The van der Waals surface area contributed by atoms with Gasteiger partial charge in [-0.3, -0.25) is 0 Å². The first-order chi connectivity index (χ1) is 6.47. The SMILES string of the molecule is CC[S+]([O-])C[C@H](C)SP(=S)(OC)OC. The van der Waals surface area contributed by atoms with Crippen LogP contribution >= 0.6 is 17.1 Å². The zero-order valence-electron chi connectivity index (χ0n) is 8.89. The molecule has 0 saturated heterocycles. The van der Waals surface area contributed by atoms with Crippen molar-refractivity contribution in [3.8, 4) is 0 Å². The fourth-order valence-electron chi connectivity index (χ4n) is 0.791. The van der Waals surface area contributed by atoms with Gasteiger partial charge in [0.2, 0.25) is 5.69 Å². The van der Waals surface area contributed by atoms with Crippen molar-refractivity contribution in [3.63, 3.8) is 0 Å². The third kappa shape index (κ3) is 5.95. The largest absolute Gasteiger partial charge is 0.616 e. The smallest absolute Gasteiger partial charge is 0.247 e. The maximum atomic E-state index is 11.3. The van der Waals surface area contributed by atoms with Crippen molar-refractivity contribution in [1.29, 1.82) is 0 Å². The second-order valence-corrected chi connectivity index (χ2v) is 11.3. The van der Waals surface area contributed by atoms with Crippen LogP contribution in [0.15, 0.2) is 0 Å². The summed E-state index contributed by atoms with van der Waals surface area (Å²) in [7, 11) is 3.11. The topological polar surface area (TPSA) is 41.5 Å². The minimum absolute atomic E-state index is 0.210. The Labute approximate surface area is 98.4 Å². The number of hydrogen-bond donors (Lipinski definition) is 0. The van der Waals surface area contributed by atoms with Gasteiger partial charge in [0.15, 0.2) is 0 Å². The van der Waals surface area contributed by atoms with E-state index >= 15 is 0 Å². The molecule has 0 bridgehead atoms. The second-order valence-electron chi connectivity index (χ2n) is 2.62. The minimum atomic E-state index is -2.19. The average molecular weight is 276 g/mol. The van der Waals surface area contributed by atoms with Gasteiger partial charge in [0.05, 0.1) is 5.25 Å². The van der Waals surface area contributed by atoms with Crippen LogP contribution in [0.25, 0.3) is 0 Å². The Morgan fingerprint density at radius 3 is 2.36 bits per heavy atom. The molecule has 3 nitrogen and oxygen atoms in total. The van der Waals surface area contributed by atoms with Crippen molar-refractivity contribution in [2.24, 2.45) is 0 Å². The molecule has 14 heavy (non-hydrogen) atoms. The van der Waals surface area contributed by atoms with E-state index in [0.717, 1.165) is 0 Å². The van der Waals surface area contributed by atoms with Crippen LogP contribution in [0.4, 0.5) is 0 Å². The first-order valence-corrected chi connectivity index (χ1v) is 9.83. The lowest BCUT2D eigenvalue weighted by Crippen LogP contribution is -2.17. The maximum absolute atomic E-state index is 11.3. The first kappa shape index (κ1) is 15.2. The molecule has 1 unspecified atom stereocenters. The first-order valence-electron chi connectivity index (χ1n) is 4.22. The summed E-state index contributed by atoms with van der Waals surface area (Å²) in [6.07, 6.45) is 0. The Hall–Kier alpha value is 1.23. The minimum Gasteiger partial charge on any atom is -0.616 e. The van der Waals surface area contributed by atoms with Crippen LogP contribution in [0.1, 0.15) is 13.8 Å². The van der Waals surface area contributed by atoms with E-state index in [4.69, 9.17) is 20.9 Å². The molecule has 0 amide bonds. The molecule has 86 valence electrons. The Morgan fingerprint density at radius 1 is 1.50 bits per heavy atom. The molecule has 0 aromatic carbocycles. The monoisotopic (exact) mass is 276 g/mol. The molecule has 0 heterocycles. The van der Waals surface area contributed by atoms with Crippen LogP contribution in [0.2, 0.25) is 0 Å². The Morgan fingerprint density at radius 2 is 2.00 bits per heavy atom. The van der Waals surface area contributed by atoms with Crippen molar-refractivity contribution >= 4 is 40.1 Å². The van der Waals surface area contributed by atoms with Gasteiger partial charge in [0.1, 0.15) is 11.5 Å². The van der Waals surface area contributed by atoms with Crippen molar-refractivity contribution < 1.29 is 13.6 Å². The van der Waals surface area contributed by atoms with Gasteiger partial charge >= 0.3 is 0 Å². The highest BCUT2D eigenvalue weighted by atomic mass is 32.9. The van der Waals surface area contributed by atoms with Gasteiger partial charge in [-0.25, -0.2) is 0 Å². The van der Waals surface area contributed by atoms with E-state index in [-0.39, 0.29) is 5.25 Å². The molecule has 0 radical (unpaired) electrons. The van der Waals surface area contributed by atoms with Gasteiger partial charge in [-0.15, -0.1) is 0 Å². The summed E-state index contributed by atoms with van der Waals surface area (Å²) in [5.41, 5.74) is -2.19. The van der Waals surface area contributed by atoms with Crippen molar-refractivity contribution in [2.75, 3.05) is 25.7 Å². The molecule has 0 saturated carbocycles. The van der Waals surface area contributed by atoms with Gasteiger partial charge in [-0.2, -0.15) is 0 Å². The van der Waals surface area contributed by atoms with Gasteiger partial charge in [-0.05, 0) is 25.7 Å². The highest BCUT2D eigenvalue weighted by Crippen LogP contribution is 2.61.